The third-order valence-corrected chi connectivity index (χ3v) is 2.76. The highest BCUT2D eigenvalue weighted by Gasteiger charge is 2.15. The normalized spacial score (nSPS) is 15.9. The average Bonchev–Trinajstić information content (AvgIpc) is 2.27. The van der Waals surface area contributed by atoms with Crippen LogP contribution in [0.4, 0.5) is 0 Å². The maximum absolute atomic E-state index is 9.46. The lowest BCUT2D eigenvalue weighted by Crippen LogP contribution is -2.16. The van der Waals surface area contributed by atoms with Crippen LogP contribution in [0.2, 0.25) is 0 Å². The van der Waals surface area contributed by atoms with E-state index in [2.05, 4.69) is 6.92 Å². The highest BCUT2D eigenvalue weighted by molar-refractivity contribution is 5.48. The minimum absolute atomic E-state index is 0.326. The fourth-order valence-electron chi connectivity index (χ4n) is 2.01. The van der Waals surface area contributed by atoms with Gasteiger partial charge in [0.05, 0.1) is 6.10 Å². The molecule has 0 fully saturated rings. The Morgan fingerprint density at radius 1 is 1.19 bits per heavy atom. The molecule has 0 aromatic heterocycles. The molecule has 3 heteroatoms. The summed E-state index contributed by atoms with van der Waals surface area (Å²) >= 11 is 0. The summed E-state index contributed by atoms with van der Waals surface area (Å²) in [4.78, 5) is 0. The van der Waals surface area contributed by atoms with Crippen LogP contribution in [0, 0.1) is 0 Å². The molecule has 1 unspecified atom stereocenters. The van der Waals surface area contributed by atoms with Gasteiger partial charge in [-0.1, -0.05) is 6.92 Å². The lowest BCUT2D eigenvalue weighted by atomic mass is 9.99. The van der Waals surface area contributed by atoms with Gasteiger partial charge in [0, 0.05) is 0 Å². The maximum Gasteiger partial charge on any atom is 0.161 e. The molecule has 1 heterocycles. The predicted molar refractivity (Wildman–Crippen MR) is 62.2 cm³/mol. The van der Waals surface area contributed by atoms with Crippen LogP contribution in [0.15, 0.2) is 12.1 Å². The molecular formula is C13H18O3. The molecule has 0 aliphatic carbocycles. The number of ether oxygens (including phenoxy) is 2. The average molecular weight is 222 g/mol. The fraction of sp³-hybridized carbons (Fsp3) is 0.538. The van der Waals surface area contributed by atoms with Gasteiger partial charge in [0.1, 0.15) is 13.2 Å². The van der Waals surface area contributed by atoms with Crippen LogP contribution >= 0.6 is 0 Å². The molecule has 0 bridgehead atoms. The summed E-state index contributed by atoms with van der Waals surface area (Å²) in [6.07, 6.45) is 1.28. The van der Waals surface area contributed by atoms with E-state index in [-0.39, 0.29) is 6.10 Å². The molecule has 1 aliphatic heterocycles. The molecule has 1 aromatic rings. The number of aliphatic hydroxyl groups is 1. The minimum Gasteiger partial charge on any atom is -0.486 e. The van der Waals surface area contributed by atoms with Gasteiger partial charge >= 0.3 is 0 Å². The topological polar surface area (TPSA) is 38.7 Å². The van der Waals surface area contributed by atoms with E-state index >= 15 is 0 Å². The van der Waals surface area contributed by atoms with Gasteiger partial charge in [0.25, 0.3) is 0 Å². The lowest BCUT2D eigenvalue weighted by Gasteiger charge is -2.21. The van der Waals surface area contributed by atoms with Crippen molar-refractivity contribution in [3.05, 3.63) is 23.3 Å². The predicted octanol–water partition coefficient (Wildman–Crippen LogP) is 1.94. The Morgan fingerprint density at radius 3 is 2.25 bits per heavy atom. The molecule has 1 atom stereocenters. The highest BCUT2D eigenvalue weighted by Crippen LogP contribution is 2.33. The van der Waals surface area contributed by atoms with Crippen molar-refractivity contribution >= 4 is 0 Å². The number of aryl methyl sites for hydroxylation is 1. The third kappa shape index (κ3) is 2.30. The molecule has 0 amide bonds. The van der Waals surface area contributed by atoms with E-state index in [0.29, 0.717) is 19.6 Å². The van der Waals surface area contributed by atoms with Crippen molar-refractivity contribution in [2.75, 3.05) is 13.2 Å². The standard InChI is InChI=1S/C13H18O3/c1-3-10-7-12-13(16-5-4-15-12)8-11(10)6-9(2)14/h7-9,14H,3-6H2,1-2H3. The Balaban J connectivity index is 2.35. The Hall–Kier alpha value is -1.22. The van der Waals surface area contributed by atoms with E-state index in [9.17, 15) is 5.11 Å². The summed E-state index contributed by atoms with van der Waals surface area (Å²) in [5.74, 6) is 1.64. The Kier molecular flexibility index (Phi) is 3.34. The van der Waals surface area contributed by atoms with E-state index < -0.39 is 0 Å². The van der Waals surface area contributed by atoms with Crippen LogP contribution in [0.1, 0.15) is 25.0 Å². The van der Waals surface area contributed by atoms with Crippen LogP contribution < -0.4 is 9.47 Å². The van der Waals surface area contributed by atoms with Crippen molar-refractivity contribution in [2.24, 2.45) is 0 Å². The Labute approximate surface area is 96.0 Å². The van der Waals surface area contributed by atoms with Gasteiger partial charge in [-0.3, -0.25) is 0 Å². The quantitative estimate of drug-likeness (QED) is 0.849. The molecule has 3 nitrogen and oxygen atoms in total. The van der Waals surface area contributed by atoms with Crippen LogP contribution in [0.3, 0.4) is 0 Å². The van der Waals surface area contributed by atoms with Crippen LogP contribution in [-0.4, -0.2) is 24.4 Å². The molecule has 0 saturated carbocycles. The third-order valence-electron chi connectivity index (χ3n) is 2.76. The van der Waals surface area contributed by atoms with E-state index in [4.69, 9.17) is 9.47 Å². The number of aliphatic hydroxyl groups excluding tert-OH is 1. The lowest BCUT2D eigenvalue weighted by molar-refractivity contribution is 0.170. The highest BCUT2D eigenvalue weighted by atomic mass is 16.6. The van der Waals surface area contributed by atoms with Crippen molar-refractivity contribution in [2.45, 2.75) is 32.8 Å². The second kappa shape index (κ2) is 4.74. The molecule has 1 aromatic carbocycles. The molecule has 1 aliphatic rings. The zero-order valence-corrected chi connectivity index (χ0v) is 9.82. The van der Waals surface area contributed by atoms with Crippen LogP contribution in [0.5, 0.6) is 11.5 Å². The Morgan fingerprint density at radius 2 is 1.75 bits per heavy atom. The monoisotopic (exact) mass is 222 g/mol. The molecule has 0 saturated heterocycles. The first kappa shape index (κ1) is 11.3. The largest absolute Gasteiger partial charge is 0.486 e. The van der Waals surface area contributed by atoms with Gasteiger partial charge in [-0.15, -0.1) is 0 Å². The molecule has 0 radical (unpaired) electrons. The SMILES string of the molecule is CCc1cc2c(cc1CC(C)O)OCCO2. The second-order valence-electron chi connectivity index (χ2n) is 4.17. The van der Waals surface area contributed by atoms with Gasteiger partial charge in [-0.05, 0) is 43.0 Å². The van der Waals surface area contributed by atoms with Gasteiger partial charge < -0.3 is 14.6 Å². The number of benzene rings is 1. The van der Waals surface area contributed by atoms with E-state index in [1.165, 1.54) is 5.56 Å². The first-order chi connectivity index (χ1) is 7.70. The smallest absolute Gasteiger partial charge is 0.161 e. The van der Waals surface area contributed by atoms with E-state index in [1.54, 1.807) is 6.92 Å². The molecule has 1 N–H and O–H groups in total. The molecule has 0 spiro atoms. The number of rotatable bonds is 3. The molecular weight excluding hydrogens is 204 g/mol. The summed E-state index contributed by atoms with van der Waals surface area (Å²) in [5, 5.41) is 9.46. The van der Waals surface area contributed by atoms with E-state index in [1.807, 2.05) is 12.1 Å². The van der Waals surface area contributed by atoms with Gasteiger partial charge in [0.2, 0.25) is 0 Å². The molecule has 2 rings (SSSR count). The maximum atomic E-state index is 9.46. The van der Waals surface area contributed by atoms with Gasteiger partial charge in [-0.2, -0.15) is 0 Å². The summed E-state index contributed by atoms with van der Waals surface area (Å²) in [6, 6.07) is 4.03. The second-order valence-corrected chi connectivity index (χ2v) is 4.17. The summed E-state index contributed by atoms with van der Waals surface area (Å²) in [6.45, 7) is 5.13. The number of hydrogen-bond acceptors (Lipinski definition) is 3. The number of fused-ring (bicyclic) bond motifs is 1. The van der Waals surface area contributed by atoms with Gasteiger partial charge in [-0.25, -0.2) is 0 Å². The van der Waals surface area contributed by atoms with Crippen LogP contribution in [0.25, 0.3) is 0 Å². The van der Waals surface area contributed by atoms with Crippen molar-refractivity contribution in [3.63, 3.8) is 0 Å². The van der Waals surface area contributed by atoms with Crippen molar-refractivity contribution < 1.29 is 14.6 Å². The van der Waals surface area contributed by atoms with Crippen LogP contribution in [-0.2, 0) is 12.8 Å². The van der Waals surface area contributed by atoms with Gasteiger partial charge in [0.15, 0.2) is 11.5 Å². The summed E-state index contributed by atoms with van der Waals surface area (Å²) in [7, 11) is 0. The Bertz CT molecular complexity index is 372. The van der Waals surface area contributed by atoms with Crippen molar-refractivity contribution in [1.82, 2.24) is 0 Å². The molecule has 88 valence electrons. The first-order valence-electron chi connectivity index (χ1n) is 5.80. The zero-order chi connectivity index (χ0) is 11.5. The zero-order valence-electron chi connectivity index (χ0n) is 9.82. The first-order valence-corrected chi connectivity index (χ1v) is 5.80. The minimum atomic E-state index is -0.326. The summed E-state index contributed by atoms with van der Waals surface area (Å²) in [5.41, 5.74) is 2.38. The fourth-order valence-corrected chi connectivity index (χ4v) is 2.01. The number of hydrogen-bond donors (Lipinski definition) is 1. The molecule has 16 heavy (non-hydrogen) atoms. The summed E-state index contributed by atoms with van der Waals surface area (Å²) < 4.78 is 11.1. The van der Waals surface area contributed by atoms with Crippen molar-refractivity contribution in [1.29, 1.82) is 0 Å². The van der Waals surface area contributed by atoms with E-state index in [0.717, 1.165) is 23.5 Å². The van der Waals surface area contributed by atoms with Crippen molar-refractivity contribution in [3.8, 4) is 11.5 Å².